The number of pyridine rings is 1. The third-order valence-electron chi connectivity index (χ3n) is 2.12. The zero-order valence-corrected chi connectivity index (χ0v) is 11.0. The number of alkyl halides is 1. The third-order valence-corrected chi connectivity index (χ3v) is 2.56. The van der Waals surface area contributed by atoms with Gasteiger partial charge in [-0.05, 0) is 18.6 Å². The smallest absolute Gasteiger partial charge is 0.270 e. The monoisotopic (exact) mass is 276 g/mol. The standard InChI is InChI=1S/C11H14Cl2N2O2/c1-17-7-9(4-5-12)15-11(16)10-3-2-8(13)6-14-10/h2-3,6,9H,4-5,7H2,1H3,(H,15,16). The van der Waals surface area contributed by atoms with Crippen LogP contribution in [-0.2, 0) is 4.74 Å². The molecule has 1 unspecified atom stereocenters. The van der Waals surface area contributed by atoms with Gasteiger partial charge in [-0.25, -0.2) is 4.98 Å². The fourth-order valence-corrected chi connectivity index (χ4v) is 1.67. The van der Waals surface area contributed by atoms with Gasteiger partial charge in [-0.3, -0.25) is 4.79 Å². The van der Waals surface area contributed by atoms with Gasteiger partial charge in [-0.2, -0.15) is 0 Å². The van der Waals surface area contributed by atoms with Gasteiger partial charge < -0.3 is 10.1 Å². The number of nitrogens with zero attached hydrogens (tertiary/aromatic N) is 1. The Balaban J connectivity index is 2.60. The van der Waals surface area contributed by atoms with Crippen LogP contribution < -0.4 is 5.32 Å². The number of ether oxygens (including phenoxy) is 1. The highest BCUT2D eigenvalue weighted by Crippen LogP contribution is 2.06. The SMILES string of the molecule is COCC(CCCl)NC(=O)c1ccc(Cl)cn1. The number of nitrogens with one attached hydrogen (secondary N) is 1. The second-order valence-corrected chi connectivity index (χ2v) is 4.28. The molecule has 0 aliphatic heterocycles. The molecule has 0 aliphatic carbocycles. The first kappa shape index (κ1) is 14.2. The van der Waals surface area contributed by atoms with Crippen molar-refractivity contribution in [2.45, 2.75) is 12.5 Å². The Morgan fingerprint density at radius 2 is 2.35 bits per heavy atom. The van der Waals surface area contributed by atoms with E-state index in [1.807, 2.05) is 0 Å². The molecule has 0 saturated heterocycles. The molecule has 6 heteroatoms. The molecule has 94 valence electrons. The maximum atomic E-state index is 11.8. The summed E-state index contributed by atoms with van der Waals surface area (Å²) in [4.78, 5) is 15.7. The van der Waals surface area contributed by atoms with Gasteiger partial charge in [0.05, 0.1) is 17.7 Å². The highest BCUT2D eigenvalue weighted by Gasteiger charge is 2.13. The lowest BCUT2D eigenvalue weighted by Crippen LogP contribution is -2.38. The zero-order chi connectivity index (χ0) is 12.7. The number of carbonyl (C=O) groups excluding carboxylic acids is 1. The van der Waals surface area contributed by atoms with E-state index in [0.29, 0.717) is 29.6 Å². The summed E-state index contributed by atoms with van der Waals surface area (Å²) in [6, 6.07) is 3.08. The summed E-state index contributed by atoms with van der Waals surface area (Å²) in [5, 5.41) is 3.30. The first-order valence-corrected chi connectivity index (χ1v) is 6.06. The maximum absolute atomic E-state index is 11.8. The molecule has 4 nitrogen and oxygen atoms in total. The second-order valence-electron chi connectivity index (χ2n) is 3.47. The maximum Gasteiger partial charge on any atom is 0.270 e. The number of amides is 1. The van der Waals surface area contributed by atoms with Crippen LogP contribution in [0.1, 0.15) is 16.9 Å². The lowest BCUT2D eigenvalue weighted by atomic mass is 10.2. The van der Waals surface area contributed by atoms with Crippen molar-refractivity contribution in [3.05, 3.63) is 29.0 Å². The van der Waals surface area contributed by atoms with Crippen LogP contribution in [0.15, 0.2) is 18.3 Å². The molecule has 0 fully saturated rings. The summed E-state index contributed by atoms with van der Waals surface area (Å²) < 4.78 is 5.00. The Hall–Kier alpha value is -0.840. The van der Waals surface area contributed by atoms with Crippen molar-refractivity contribution in [2.75, 3.05) is 19.6 Å². The van der Waals surface area contributed by atoms with Crippen molar-refractivity contribution in [1.29, 1.82) is 0 Å². The van der Waals surface area contributed by atoms with Gasteiger partial charge in [0, 0.05) is 19.2 Å². The van der Waals surface area contributed by atoms with E-state index in [1.165, 1.54) is 6.20 Å². The van der Waals surface area contributed by atoms with Crippen LogP contribution in [0.25, 0.3) is 0 Å². The van der Waals surface area contributed by atoms with E-state index < -0.39 is 0 Å². The Labute approximate surface area is 110 Å². The number of methoxy groups -OCH3 is 1. The number of halogens is 2. The number of hydrogen-bond donors (Lipinski definition) is 1. The van der Waals surface area contributed by atoms with Crippen molar-refractivity contribution in [1.82, 2.24) is 10.3 Å². The number of rotatable bonds is 6. The summed E-state index contributed by atoms with van der Waals surface area (Å²) in [6.07, 6.45) is 2.08. The minimum Gasteiger partial charge on any atom is -0.383 e. The summed E-state index contributed by atoms with van der Waals surface area (Å²) in [5.41, 5.74) is 0.324. The van der Waals surface area contributed by atoms with Crippen LogP contribution in [0.5, 0.6) is 0 Å². The number of carbonyl (C=O) groups is 1. The van der Waals surface area contributed by atoms with Crippen molar-refractivity contribution in [3.63, 3.8) is 0 Å². The van der Waals surface area contributed by atoms with Crippen LogP contribution in [0.3, 0.4) is 0 Å². The van der Waals surface area contributed by atoms with Crippen LogP contribution in [-0.4, -0.2) is 36.5 Å². The number of aromatic nitrogens is 1. The molecule has 1 aromatic heterocycles. The number of hydrogen-bond acceptors (Lipinski definition) is 3. The van der Waals surface area contributed by atoms with Gasteiger partial charge in [0.2, 0.25) is 0 Å². The average molecular weight is 277 g/mol. The highest BCUT2D eigenvalue weighted by atomic mass is 35.5. The molecule has 0 saturated carbocycles. The third kappa shape index (κ3) is 4.89. The fraction of sp³-hybridized carbons (Fsp3) is 0.455. The summed E-state index contributed by atoms with van der Waals surface area (Å²) >= 11 is 11.3. The molecule has 1 N–H and O–H groups in total. The normalized spacial score (nSPS) is 12.2. The van der Waals surface area contributed by atoms with Crippen LogP contribution in [0, 0.1) is 0 Å². The van der Waals surface area contributed by atoms with E-state index in [0.717, 1.165) is 0 Å². The topological polar surface area (TPSA) is 51.2 Å². The van der Waals surface area contributed by atoms with Crippen LogP contribution >= 0.6 is 23.2 Å². The summed E-state index contributed by atoms with van der Waals surface area (Å²) in [7, 11) is 1.58. The van der Waals surface area contributed by atoms with Crippen molar-refractivity contribution in [2.24, 2.45) is 0 Å². The molecule has 0 aliphatic rings. The minimum absolute atomic E-state index is 0.109. The Morgan fingerprint density at radius 3 is 2.88 bits per heavy atom. The van der Waals surface area contributed by atoms with Gasteiger partial charge in [0.15, 0.2) is 0 Å². The van der Waals surface area contributed by atoms with Crippen molar-refractivity contribution < 1.29 is 9.53 Å². The van der Waals surface area contributed by atoms with Crippen LogP contribution in [0.4, 0.5) is 0 Å². The van der Waals surface area contributed by atoms with E-state index in [2.05, 4.69) is 10.3 Å². The molecule has 17 heavy (non-hydrogen) atoms. The molecule has 1 aromatic rings. The predicted molar refractivity (Wildman–Crippen MR) is 67.7 cm³/mol. The van der Waals surface area contributed by atoms with Crippen LogP contribution in [0.2, 0.25) is 5.02 Å². The van der Waals surface area contributed by atoms with Crippen molar-refractivity contribution >= 4 is 29.1 Å². The Morgan fingerprint density at radius 1 is 1.59 bits per heavy atom. The largest absolute Gasteiger partial charge is 0.383 e. The fourth-order valence-electron chi connectivity index (χ4n) is 1.30. The minimum atomic E-state index is -0.256. The molecule has 0 radical (unpaired) electrons. The van der Waals surface area contributed by atoms with Gasteiger partial charge in [-0.1, -0.05) is 11.6 Å². The van der Waals surface area contributed by atoms with Gasteiger partial charge in [0.25, 0.3) is 5.91 Å². The summed E-state index contributed by atoms with van der Waals surface area (Å²) in [6.45, 7) is 0.423. The quantitative estimate of drug-likeness (QED) is 0.810. The van der Waals surface area contributed by atoms with Gasteiger partial charge in [-0.15, -0.1) is 11.6 Å². The van der Waals surface area contributed by atoms with Gasteiger partial charge in [0.1, 0.15) is 5.69 Å². The molecule has 0 bridgehead atoms. The predicted octanol–water partition coefficient (Wildman–Crippen LogP) is 2.11. The lowest BCUT2D eigenvalue weighted by molar-refractivity contribution is 0.0890. The molecule has 0 spiro atoms. The Kier molecular flexibility index (Phi) is 6.26. The second kappa shape index (κ2) is 7.48. The molecule has 1 amide bonds. The van der Waals surface area contributed by atoms with E-state index >= 15 is 0 Å². The van der Waals surface area contributed by atoms with E-state index in [1.54, 1.807) is 19.2 Å². The lowest BCUT2D eigenvalue weighted by Gasteiger charge is -2.16. The molecule has 0 aromatic carbocycles. The summed E-state index contributed by atoms with van der Waals surface area (Å²) in [5.74, 6) is 0.205. The molecule has 1 atom stereocenters. The molecule has 1 heterocycles. The van der Waals surface area contributed by atoms with E-state index in [-0.39, 0.29) is 11.9 Å². The van der Waals surface area contributed by atoms with Crippen molar-refractivity contribution in [3.8, 4) is 0 Å². The zero-order valence-electron chi connectivity index (χ0n) is 9.45. The van der Waals surface area contributed by atoms with E-state index in [9.17, 15) is 4.79 Å². The first-order chi connectivity index (χ1) is 8.17. The molecule has 1 rings (SSSR count). The van der Waals surface area contributed by atoms with Gasteiger partial charge >= 0.3 is 0 Å². The first-order valence-electron chi connectivity index (χ1n) is 5.14. The average Bonchev–Trinajstić information content (AvgIpc) is 2.30. The Bertz CT molecular complexity index is 351. The molecular formula is C11H14Cl2N2O2. The molecular weight excluding hydrogens is 263 g/mol. The highest BCUT2D eigenvalue weighted by molar-refractivity contribution is 6.30. The van der Waals surface area contributed by atoms with E-state index in [4.69, 9.17) is 27.9 Å².